The van der Waals surface area contributed by atoms with E-state index in [1.54, 1.807) is 12.1 Å². The molecule has 34 heavy (non-hydrogen) atoms. The topological polar surface area (TPSA) is 110 Å². The van der Waals surface area contributed by atoms with Gasteiger partial charge in [-0.1, -0.05) is 39.0 Å². The molecule has 0 radical (unpaired) electrons. The molecule has 0 bridgehead atoms. The number of aromatic nitrogens is 4. The van der Waals surface area contributed by atoms with Gasteiger partial charge in [0.1, 0.15) is 6.33 Å². The van der Waals surface area contributed by atoms with Gasteiger partial charge >= 0.3 is 0 Å². The third-order valence-electron chi connectivity index (χ3n) is 6.28. The van der Waals surface area contributed by atoms with Crippen LogP contribution in [0.5, 0.6) is 0 Å². The maximum absolute atomic E-state index is 13.1. The number of aryl methyl sites for hydroxylation is 1. The maximum atomic E-state index is 13.1. The van der Waals surface area contributed by atoms with Gasteiger partial charge in [-0.25, -0.2) is 13.1 Å². The number of carbonyl (C=O) groups excluding carboxylic acids is 1. The molecule has 1 aliphatic heterocycles. The van der Waals surface area contributed by atoms with Gasteiger partial charge in [0.15, 0.2) is 0 Å². The van der Waals surface area contributed by atoms with Crippen LogP contribution in [0.15, 0.2) is 53.7 Å². The van der Waals surface area contributed by atoms with Crippen molar-refractivity contribution in [2.75, 3.05) is 18.4 Å². The molecule has 1 aliphatic rings. The summed E-state index contributed by atoms with van der Waals surface area (Å²) in [6.45, 7) is 8.82. The van der Waals surface area contributed by atoms with Crippen LogP contribution in [0.4, 0.5) is 5.69 Å². The molecule has 0 atom stereocenters. The summed E-state index contributed by atoms with van der Waals surface area (Å²) in [6.07, 6.45) is 2.43. The molecule has 180 valence electrons. The van der Waals surface area contributed by atoms with E-state index in [0.29, 0.717) is 36.5 Å². The van der Waals surface area contributed by atoms with E-state index < -0.39 is 10.0 Å². The van der Waals surface area contributed by atoms with Crippen molar-refractivity contribution >= 4 is 21.6 Å². The lowest BCUT2D eigenvalue weighted by Gasteiger charge is -2.31. The lowest BCUT2D eigenvalue weighted by atomic mass is 9.87. The normalized spacial score (nSPS) is 15.9. The van der Waals surface area contributed by atoms with E-state index in [1.165, 1.54) is 15.3 Å². The van der Waals surface area contributed by atoms with E-state index in [1.807, 2.05) is 37.3 Å². The maximum Gasteiger partial charge on any atom is 0.243 e. The predicted molar refractivity (Wildman–Crippen MR) is 129 cm³/mol. The van der Waals surface area contributed by atoms with Crippen molar-refractivity contribution < 1.29 is 13.2 Å². The molecule has 1 aromatic heterocycles. The van der Waals surface area contributed by atoms with Crippen molar-refractivity contribution in [1.82, 2.24) is 24.5 Å². The summed E-state index contributed by atoms with van der Waals surface area (Å²) in [5, 5.41) is 14.2. The highest BCUT2D eigenvalue weighted by atomic mass is 32.2. The van der Waals surface area contributed by atoms with Crippen molar-refractivity contribution in [3.8, 4) is 5.69 Å². The summed E-state index contributed by atoms with van der Waals surface area (Å²) in [5.41, 5.74) is 3.39. The minimum absolute atomic E-state index is 0.0436. The van der Waals surface area contributed by atoms with Gasteiger partial charge in [0.05, 0.1) is 10.6 Å². The number of hydrogen-bond acceptors (Lipinski definition) is 6. The lowest BCUT2D eigenvalue weighted by Crippen LogP contribution is -2.41. The van der Waals surface area contributed by atoms with Gasteiger partial charge in [0.25, 0.3) is 0 Å². The van der Waals surface area contributed by atoms with Crippen LogP contribution in [0.1, 0.15) is 44.7 Å². The molecule has 0 spiro atoms. The first-order chi connectivity index (χ1) is 16.1. The first-order valence-electron chi connectivity index (χ1n) is 11.3. The average Bonchev–Trinajstić information content (AvgIpc) is 3.35. The Bertz CT molecular complexity index is 1260. The molecule has 1 fully saturated rings. The molecule has 2 heterocycles. The zero-order chi connectivity index (χ0) is 24.5. The number of sulfonamides is 1. The average molecular weight is 483 g/mol. The largest absolute Gasteiger partial charge is 0.326 e. The van der Waals surface area contributed by atoms with Crippen LogP contribution in [-0.4, -0.2) is 51.9 Å². The van der Waals surface area contributed by atoms with Crippen LogP contribution in [0, 0.1) is 12.8 Å². The Kier molecular flexibility index (Phi) is 6.55. The lowest BCUT2D eigenvalue weighted by molar-refractivity contribution is -0.120. The van der Waals surface area contributed by atoms with Crippen molar-refractivity contribution in [2.24, 2.45) is 5.92 Å². The van der Waals surface area contributed by atoms with E-state index in [2.05, 4.69) is 41.6 Å². The Hall–Kier alpha value is -3.11. The van der Waals surface area contributed by atoms with Crippen LogP contribution in [-0.2, 0) is 20.2 Å². The molecule has 0 aliphatic carbocycles. The van der Waals surface area contributed by atoms with Gasteiger partial charge in [-0.05, 0) is 71.0 Å². The second-order valence-electron chi connectivity index (χ2n) is 9.70. The number of amides is 1. The molecule has 0 unspecified atom stereocenters. The number of tetrazole rings is 1. The molecule has 3 aromatic rings. The van der Waals surface area contributed by atoms with Crippen LogP contribution >= 0.6 is 0 Å². The zero-order valence-corrected chi connectivity index (χ0v) is 20.7. The molecule has 1 amide bonds. The van der Waals surface area contributed by atoms with Gasteiger partial charge in [-0.2, -0.15) is 4.31 Å². The summed E-state index contributed by atoms with van der Waals surface area (Å²) in [4.78, 5) is 13.2. The second kappa shape index (κ2) is 9.27. The molecule has 4 rings (SSSR count). The molecule has 1 saturated heterocycles. The monoisotopic (exact) mass is 482 g/mol. The number of nitrogens with one attached hydrogen (secondary N) is 1. The first-order valence-corrected chi connectivity index (χ1v) is 12.8. The Morgan fingerprint density at radius 2 is 1.74 bits per heavy atom. The number of piperidine rings is 1. The number of carbonyl (C=O) groups is 1. The smallest absolute Gasteiger partial charge is 0.243 e. The highest BCUT2D eigenvalue weighted by Gasteiger charge is 2.32. The molecule has 9 nitrogen and oxygen atoms in total. The van der Waals surface area contributed by atoms with E-state index >= 15 is 0 Å². The summed E-state index contributed by atoms with van der Waals surface area (Å²) in [6, 6.07) is 12.7. The van der Waals surface area contributed by atoms with Crippen LogP contribution in [0.3, 0.4) is 0 Å². The van der Waals surface area contributed by atoms with Crippen molar-refractivity contribution in [3.05, 3.63) is 59.9 Å². The molecule has 0 saturated carbocycles. The number of rotatable bonds is 5. The van der Waals surface area contributed by atoms with Gasteiger partial charge < -0.3 is 5.32 Å². The standard InChI is InChI=1S/C24H30N6O3S/c1-17-5-8-20(30-16-25-27-28-30)15-22(17)26-23(31)18-11-13-29(14-12-18)34(32,33)21-9-6-19(7-10-21)24(2,3)4/h5-10,15-16,18H,11-14H2,1-4H3,(H,26,31). The van der Waals surface area contributed by atoms with Gasteiger partial charge in [-0.3, -0.25) is 4.79 Å². The number of anilines is 1. The Morgan fingerprint density at radius 3 is 2.32 bits per heavy atom. The third-order valence-corrected chi connectivity index (χ3v) is 8.19. The fourth-order valence-electron chi connectivity index (χ4n) is 4.04. The summed E-state index contributed by atoms with van der Waals surface area (Å²) < 4.78 is 29.2. The molecule has 1 N–H and O–H groups in total. The number of hydrogen-bond donors (Lipinski definition) is 1. The number of nitrogens with zero attached hydrogens (tertiary/aromatic N) is 5. The first kappa shape index (κ1) is 24.0. The van der Waals surface area contributed by atoms with Crippen molar-refractivity contribution in [3.63, 3.8) is 0 Å². The predicted octanol–water partition coefficient (Wildman–Crippen LogP) is 3.31. The fourth-order valence-corrected chi connectivity index (χ4v) is 5.51. The summed E-state index contributed by atoms with van der Waals surface area (Å²) in [7, 11) is -3.59. The highest BCUT2D eigenvalue weighted by Crippen LogP contribution is 2.28. The van der Waals surface area contributed by atoms with Crippen molar-refractivity contribution in [2.45, 2.75) is 50.8 Å². The number of benzene rings is 2. The molecular weight excluding hydrogens is 452 g/mol. The second-order valence-corrected chi connectivity index (χ2v) is 11.6. The van der Waals surface area contributed by atoms with Crippen LogP contribution in [0.25, 0.3) is 5.69 Å². The Morgan fingerprint density at radius 1 is 1.06 bits per heavy atom. The van der Waals surface area contributed by atoms with Gasteiger partial charge in [-0.15, -0.1) is 5.10 Å². The highest BCUT2D eigenvalue weighted by molar-refractivity contribution is 7.89. The fraction of sp³-hybridized carbons (Fsp3) is 0.417. The zero-order valence-electron chi connectivity index (χ0n) is 19.9. The summed E-state index contributed by atoms with van der Waals surface area (Å²) >= 11 is 0. The van der Waals surface area contributed by atoms with E-state index in [-0.39, 0.29) is 17.2 Å². The van der Waals surface area contributed by atoms with E-state index in [4.69, 9.17) is 0 Å². The van der Waals surface area contributed by atoms with Crippen molar-refractivity contribution in [1.29, 1.82) is 0 Å². The SMILES string of the molecule is Cc1ccc(-n2cnnn2)cc1NC(=O)C1CCN(S(=O)(=O)c2ccc(C(C)(C)C)cc2)CC1. The molecule has 2 aromatic carbocycles. The summed E-state index contributed by atoms with van der Waals surface area (Å²) in [5.74, 6) is -0.366. The minimum Gasteiger partial charge on any atom is -0.326 e. The third kappa shape index (κ3) is 5.02. The van der Waals surface area contributed by atoms with Crippen LogP contribution < -0.4 is 5.32 Å². The van der Waals surface area contributed by atoms with Gasteiger partial charge in [0.2, 0.25) is 15.9 Å². The van der Waals surface area contributed by atoms with Gasteiger partial charge in [0, 0.05) is 24.7 Å². The van der Waals surface area contributed by atoms with E-state index in [9.17, 15) is 13.2 Å². The minimum atomic E-state index is -3.59. The Labute approximate surface area is 200 Å². The Balaban J connectivity index is 1.40. The quantitative estimate of drug-likeness (QED) is 0.597. The molecule has 10 heteroatoms. The molecular formula is C24H30N6O3S. The van der Waals surface area contributed by atoms with E-state index in [0.717, 1.165) is 16.8 Å². The van der Waals surface area contributed by atoms with Crippen LogP contribution in [0.2, 0.25) is 0 Å².